The van der Waals surface area contributed by atoms with Gasteiger partial charge in [0.25, 0.3) is 0 Å². The van der Waals surface area contributed by atoms with Crippen molar-refractivity contribution in [1.29, 1.82) is 0 Å². The summed E-state index contributed by atoms with van der Waals surface area (Å²) in [6.45, 7) is 1.69. The van der Waals surface area contributed by atoms with Gasteiger partial charge in [-0.2, -0.15) is 0 Å². The Morgan fingerprint density at radius 2 is 1.56 bits per heavy atom. The van der Waals surface area contributed by atoms with E-state index < -0.39 is 0 Å². The molecule has 0 aliphatic carbocycles. The van der Waals surface area contributed by atoms with Crippen LogP contribution in [0, 0.1) is 6.92 Å². The van der Waals surface area contributed by atoms with E-state index in [1.165, 1.54) is 11.3 Å². The van der Waals surface area contributed by atoms with Gasteiger partial charge in [-0.3, -0.25) is 0 Å². The van der Waals surface area contributed by atoms with Crippen molar-refractivity contribution in [2.75, 3.05) is 0 Å². The molecule has 0 N–H and O–H groups in total. The van der Waals surface area contributed by atoms with Gasteiger partial charge in [-0.1, -0.05) is 60.7 Å². The Bertz CT molecular complexity index is 1340. The summed E-state index contributed by atoms with van der Waals surface area (Å²) in [5, 5.41) is 0.900. The van der Waals surface area contributed by atoms with Crippen LogP contribution in [0.1, 0.15) is 5.89 Å². The Morgan fingerprint density at radius 1 is 0.889 bits per heavy atom. The Morgan fingerprint density at radius 3 is 2.26 bits per heavy atom. The second kappa shape index (κ2) is 6.14. The van der Waals surface area contributed by atoms with E-state index in [0.717, 1.165) is 32.6 Å². The van der Waals surface area contributed by atoms with Gasteiger partial charge in [-0.05, 0) is 17.2 Å². The zero-order valence-corrected chi connectivity index (χ0v) is 15.3. The first kappa shape index (κ1) is 15.9. The van der Waals surface area contributed by atoms with Crippen molar-refractivity contribution < 1.29 is 4.42 Å². The molecule has 0 radical (unpaired) electrons. The third-order valence-electron chi connectivity index (χ3n) is 4.49. The predicted octanol–water partition coefficient (Wildman–Crippen LogP) is 5.44. The number of benzene rings is 2. The molecule has 0 aliphatic heterocycles. The monoisotopic (exact) mass is 370 g/mol. The smallest absolute Gasteiger partial charge is 0.357 e. The number of hydrogen-bond acceptors (Lipinski definition) is 5. The van der Waals surface area contributed by atoms with Crippen LogP contribution in [0.25, 0.3) is 42.8 Å². The highest BCUT2D eigenvalue weighted by molar-refractivity contribution is 7.25. The highest BCUT2D eigenvalue weighted by atomic mass is 32.1. The third kappa shape index (κ3) is 2.64. The molecule has 4 nitrogen and oxygen atoms in total. The Labute approximate surface area is 158 Å². The topological polar surface area (TPSA) is 56.0 Å². The summed E-state index contributed by atoms with van der Waals surface area (Å²) in [6, 6.07) is 22.2. The first-order valence-electron chi connectivity index (χ1n) is 8.56. The van der Waals surface area contributed by atoms with Gasteiger partial charge < -0.3 is 4.42 Å². The van der Waals surface area contributed by atoms with E-state index in [1.54, 1.807) is 6.92 Å². The van der Waals surface area contributed by atoms with Crippen molar-refractivity contribution >= 4 is 31.8 Å². The molecule has 5 heteroatoms. The minimum absolute atomic E-state index is 0.360. The van der Waals surface area contributed by atoms with Crippen LogP contribution in [0.5, 0.6) is 0 Å². The predicted molar refractivity (Wildman–Crippen MR) is 109 cm³/mol. The summed E-state index contributed by atoms with van der Waals surface area (Å²) in [4.78, 5) is 22.5. The summed E-state index contributed by atoms with van der Waals surface area (Å²) >= 11 is 1.33. The first-order valence-corrected chi connectivity index (χ1v) is 9.38. The van der Waals surface area contributed by atoms with Gasteiger partial charge in [0.1, 0.15) is 15.0 Å². The number of nitrogens with zero attached hydrogens (tertiary/aromatic N) is 2. The summed E-state index contributed by atoms with van der Waals surface area (Å²) in [5.41, 5.74) is 4.29. The van der Waals surface area contributed by atoms with Crippen LogP contribution in [-0.2, 0) is 0 Å². The second-order valence-electron chi connectivity index (χ2n) is 6.27. The van der Waals surface area contributed by atoms with E-state index in [-0.39, 0.29) is 5.63 Å². The summed E-state index contributed by atoms with van der Waals surface area (Å²) in [7, 11) is 0. The van der Waals surface area contributed by atoms with E-state index in [4.69, 9.17) is 9.40 Å². The van der Waals surface area contributed by atoms with Crippen LogP contribution in [0.3, 0.4) is 0 Å². The van der Waals surface area contributed by atoms with Gasteiger partial charge in [-0.25, -0.2) is 14.8 Å². The zero-order chi connectivity index (χ0) is 18.4. The molecular weight excluding hydrogens is 356 g/mol. The maximum atomic E-state index is 12.3. The lowest BCUT2D eigenvalue weighted by Gasteiger charge is -2.08. The molecule has 3 heterocycles. The minimum atomic E-state index is -0.360. The molecule has 5 rings (SSSR count). The standard InChI is InChI=1S/C22H14N2O2S/c1-13-23-19-18-16(14-8-4-2-5-9-14)12-17(15-10-6-3-7-11-15)24-21(18)27-20(19)22(25)26-13/h2-12H,1H3. The number of aryl methyl sites for hydroxylation is 1. The lowest BCUT2D eigenvalue weighted by molar-refractivity contribution is 0.468. The molecule has 0 saturated heterocycles. The average molecular weight is 370 g/mol. The minimum Gasteiger partial charge on any atom is -0.408 e. The van der Waals surface area contributed by atoms with Crippen molar-refractivity contribution in [3.05, 3.63) is 83.0 Å². The molecule has 3 aromatic heterocycles. The lowest BCUT2D eigenvalue weighted by atomic mass is 10.00. The maximum Gasteiger partial charge on any atom is 0.357 e. The fourth-order valence-corrected chi connectivity index (χ4v) is 4.31. The van der Waals surface area contributed by atoms with Gasteiger partial charge in [-0.15, -0.1) is 11.3 Å². The van der Waals surface area contributed by atoms with Crippen molar-refractivity contribution in [3.63, 3.8) is 0 Å². The van der Waals surface area contributed by atoms with E-state index in [0.29, 0.717) is 16.1 Å². The third-order valence-corrected chi connectivity index (χ3v) is 5.54. The maximum absolute atomic E-state index is 12.3. The van der Waals surface area contributed by atoms with Crippen molar-refractivity contribution in [2.24, 2.45) is 0 Å². The molecule has 0 spiro atoms. The summed E-state index contributed by atoms with van der Waals surface area (Å²) in [6.07, 6.45) is 0. The Kier molecular flexibility index (Phi) is 3.62. The van der Waals surface area contributed by atoms with Gasteiger partial charge >= 0.3 is 5.63 Å². The fourth-order valence-electron chi connectivity index (χ4n) is 3.29. The van der Waals surface area contributed by atoms with Crippen molar-refractivity contribution in [1.82, 2.24) is 9.97 Å². The molecule has 0 amide bonds. The Balaban J connectivity index is 1.94. The summed E-state index contributed by atoms with van der Waals surface area (Å²) < 4.78 is 5.70. The number of hydrogen-bond donors (Lipinski definition) is 0. The van der Waals surface area contributed by atoms with Gasteiger partial charge in [0, 0.05) is 17.9 Å². The number of thiophene rings is 1. The van der Waals surface area contributed by atoms with Crippen LogP contribution in [0.4, 0.5) is 0 Å². The largest absolute Gasteiger partial charge is 0.408 e. The van der Waals surface area contributed by atoms with E-state index in [2.05, 4.69) is 23.2 Å². The SMILES string of the molecule is Cc1nc2c(sc3nc(-c4ccccc4)cc(-c4ccccc4)c32)c(=O)o1. The van der Waals surface area contributed by atoms with Crippen molar-refractivity contribution in [3.8, 4) is 22.4 Å². The first-order chi connectivity index (χ1) is 13.2. The molecule has 0 fully saturated rings. The highest BCUT2D eigenvalue weighted by Gasteiger charge is 2.18. The van der Waals surface area contributed by atoms with Gasteiger partial charge in [0.15, 0.2) is 5.89 Å². The normalized spacial score (nSPS) is 11.3. The lowest BCUT2D eigenvalue weighted by Crippen LogP contribution is -2.00. The molecule has 0 atom stereocenters. The van der Waals surface area contributed by atoms with Crippen LogP contribution < -0.4 is 5.63 Å². The van der Waals surface area contributed by atoms with Crippen LogP contribution in [0.2, 0.25) is 0 Å². The van der Waals surface area contributed by atoms with Gasteiger partial charge in [0.05, 0.1) is 5.69 Å². The highest BCUT2D eigenvalue weighted by Crippen LogP contribution is 2.39. The van der Waals surface area contributed by atoms with Crippen molar-refractivity contribution in [2.45, 2.75) is 6.92 Å². The number of pyridine rings is 1. The molecule has 27 heavy (non-hydrogen) atoms. The molecule has 0 saturated carbocycles. The van der Waals surface area contributed by atoms with Crippen LogP contribution in [-0.4, -0.2) is 9.97 Å². The van der Waals surface area contributed by atoms with Crippen LogP contribution >= 0.6 is 11.3 Å². The number of rotatable bonds is 2. The molecule has 2 aromatic carbocycles. The molecule has 0 bridgehead atoms. The zero-order valence-electron chi connectivity index (χ0n) is 14.5. The second-order valence-corrected chi connectivity index (χ2v) is 7.27. The molecule has 0 aliphatic rings. The molecule has 130 valence electrons. The van der Waals surface area contributed by atoms with E-state index in [9.17, 15) is 4.79 Å². The summed E-state index contributed by atoms with van der Waals surface area (Å²) in [5.74, 6) is 0.360. The average Bonchev–Trinajstić information content (AvgIpc) is 3.07. The Hall–Kier alpha value is -3.31. The van der Waals surface area contributed by atoms with Crippen LogP contribution in [0.15, 0.2) is 75.9 Å². The molecule has 0 unspecified atom stereocenters. The quantitative estimate of drug-likeness (QED) is 0.415. The van der Waals surface area contributed by atoms with E-state index >= 15 is 0 Å². The van der Waals surface area contributed by atoms with Gasteiger partial charge in [0.2, 0.25) is 0 Å². The number of aromatic nitrogens is 2. The molecule has 5 aromatic rings. The van der Waals surface area contributed by atoms with E-state index in [1.807, 2.05) is 48.5 Å². The fraction of sp³-hybridized carbons (Fsp3) is 0.0455. The molecular formula is C22H14N2O2S. The number of fused-ring (bicyclic) bond motifs is 3.